The maximum atomic E-state index is 12.1. The zero-order valence-electron chi connectivity index (χ0n) is 10.7. The van der Waals surface area contributed by atoms with Gasteiger partial charge >= 0.3 is 0 Å². The number of Topliss-reactive ketones (excluding diaryl/α,β-unsaturated/α-hetero) is 1. The second-order valence-electron chi connectivity index (χ2n) is 5.48. The van der Waals surface area contributed by atoms with Crippen LogP contribution < -0.4 is 0 Å². The van der Waals surface area contributed by atoms with Crippen molar-refractivity contribution in [2.45, 2.75) is 68.3 Å². The fourth-order valence-electron chi connectivity index (χ4n) is 3.09. The lowest BCUT2D eigenvalue weighted by Gasteiger charge is -2.26. The van der Waals surface area contributed by atoms with E-state index in [1.165, 1.54) is 38.5 Å². The molecule has 2 aliphatic heterocycles. The van der Waals surface area contributed by atoms with E-state index < -0.39 is 0 Å². The molecular formula is C15H24OS. The maximum Gasteiger partial charge on any atom is 0.136 e. The molecule has 0 spiro atoms. The minimum absolute atomic E-state index is 0.410. The van der Waals surface area contributed by atoms with Crippen LogP contribution in [-0.2, 0) is 4.79 Å². The normalized spacial score (nSPS) is 31.4. The summed E-state index contributed by atoms with van der Waals surface area (Å²) in [5, 5.41) is 1.62. The SMILES string of the molecule is C=CCCCCCC(=O)C1CC2CCC(C1)S2. The number of unbranched alkanes of at least 4 members (excludes halogenated alkanes) is 3. The number of hydrogen-bond acceptors (Lipinski definition) is 2. The molecule has 2 fully saturated rings. The molecule has 0 N–H and O–H groups in total. The Morgan fingerprint density at radius 3 is 2.53 bits per heavy atom. The Kier molecular flexibility index (Phi) is 5.15. The molecule has 17 heavy (non-hydrogen) atoms. The van der Waals surface area contributed by atoms with Gasteiger partial charge in [0.05, 0.1) is 0 Å². The number of carbonyl (C=O) groups is 1. The number of carbonyl (C=O) groups excluding carboxylic acids is 1. The zero-order chi connectivity index (χ0) is 12.1. The molecule has 1 nitrogen and oxygen atoms in total. The molecular weight excluding hydrogens is 228 g/mol. The number of thioether (sulfide) groups is 1. The molecule has 0 aromatic rings. The molecule has 0 aromatic carbocycles. The van der Waals surface area contributed by atoms with Crippen LogP contribution in [0.25, 0.3) is 0 Å². The lowest BCUT2D eigenvalue weighted by atomic mass is 9.91. The first kappa shape index (κ1) is 13.2. The maximum absolute atomic E-state index is 12.1. The first-order valence-corrected chi connectivity index (χ1v) is 8.03. The predicted octanol–water partition coefficient (Wildman–Crippen LogP) is 4.37. The van der Waals surface area contributed by atoms with Crippen molar-refractivity contribution in [3.05, 3.63) is 12.7 Å². The summed E-state index contributed by atoms with van der Waals surface area (Å²) in [5.41, 5.74) is 0. The number of hydrogen-bond donors (Lipinski definition) is 0. The van der Waals surface area contributed by atoms with Crippen molar-refractivity contribution in [3.63, 3.8) is 0 Å². The molecule has 0 amide bonds. The van der Waals surface area contributed by atoms with Gasteiger partial charge in [-0.2, -0.15) is 11.8 Å². The van der Waals surface area contributed by atoms with Crippen LogP contribution in [0.5, 0.6) is 0 Å². The van der Waals surface area contributed by atoms with Crippen LogP contribution in [0.1, 0.15) is 57.8 Å². The second kappa shape index (κ2) is 6.63. The lowest BCUT2D eigenvalue weighted by Crippen LogP contribution is -2.24. The van der Waals surface area contributed by atoms with E-state index in [0.717, 1.165) is 29.8 Å². The quantitative estimate of drug-likeness (QED) is 0.494. The van der Waals surface area contributed by atoms with E-state index in [2.05, 4.69) is 18.3 Å². The molecule has 96 valence electrons. The van der Waals surface area contributed by atoms with E-state index in [0.29, 0.717) is 11.7 Å². The highest BCUT2D eigenvalue weighted by atomic mass is 32.2. The molecule has 2 bridgehead atoms. The number of fused-ring (bicyclic) bond motifs is 2. The minimum Gasteiger partial charge on any atom is -0.299 e. The Bertz CT molecular complexity index is 262. The van der Waals surface area contributed by atoms with Crippen molar-refractivity contribution >= 4 is 17.5 Å². The molecule has 0 saturated carbocycles. The van der Waals surface area contributed by atoms with E-state index in [1.807, 2.05) is 6.08 Å². The fourth-order valence-corrected chi connectivity index (χ4v) is 4.86. The van der Waals surface area contributed by atoms with Gasteiger partial charge in [-0.25, -0.2) is 0 Å². The molecule has 2 unspecified atom stereocenters. The summed E-state index contributed by atoms with van der Waals surface area (Å²) < 4.78 is 0. The molecule has 2 atom stereocenters. The number of allylic oxidation sites excluding steroid dienone is 1. The number of rotatable bonds is 7. The van der Waals surface area contributed by atoms with E-state index in [9.17, 15) is 4.79 Å². The molecule has 2 heterocycles. The number of ketones is 1. The predicted molar refractivity (Wildman–Crippen MR) is 75.4 cm³/mol. The summed E-state index contributed by atoms with van der Waals surface area (Å²) in [6.07, 6.45) is 12.4. The van der Waals surface area contributed by atoms with Crippen molar-refractivity contribution in [2.24, 2.45) is 5.92 Å². The monoisotopic (exact) mass is 252 g/mol. The van der Waals surface area contributed by atoms with Gasteiger partial charge in [-0.1, -0.05) is 12.5 Å². The van der Waals surface area contributed by atoms with Crippen molar-refractivity contribution in [1.82, 2.24) is 0 Å². The molecule has 2 rings (SSSR count). The van der Waals surface area contributed by atoms with Gasteiger partial charge in [0.25, 0.3) is 0 Å². The average molecular weight is 252 g/mol. The summed E-state index contributed by atoms with van der Waals surface area (Å²) >= 11 is 2.15. The largest absolute Gasteiger partial charge is 0.299 e. The highest BCUT2D eigenvalue weighted by molar-refractivity contribution is 8.00. The third-order valence-corrected chi connectivity index (χ3v) is 5.70. The standard InChI is InChI=1S/C15H24OS/c1-2-3-4-5-6-7-15(16)12-10-13-8-9-14(11-12)17-13/h2,12-14H,1,3-11H2. The molecule has 0 aliphatic carbocycles. The fraction of sp³-hybridized carbons (Fsp3) is 0.800. The van der Waals surface area contributed by atoms with Crippen molar-refractivity contribution in [1.29, 1.82) is 0 Å². The smallest absolute Gasteiger partial charge is 0.136 e. The summed E-state index contributed by atoms with van der Waals surface area (Å²) in [6, 6.07) is 0. The van der Waals surface area contributed by atoms with Crippen molar-refractivity contribution in [2.75, 3.05) is 0 Å². The van der Waals surface area contributed by atoms with Gasteiger partial charge in [0.1, 0.15) is 5.78 Å². The molecule has 2 heteroatoms. The Balaban J connectivity index is 1.64. The topological polar surface area (TPSA) is 17.1 Å². The molecule has 0 radical (unpaired) electrons. The van der Waals surface area contributed by atoms with Gasteiger partial charge in [0, 0.05) is 22.8 Å². The average Bonchev–Trinajstić information content (AvgIpc) is 2.67. The van der Waals surface area contributed by atoms with Gasteiger partial charge in [-0.15, -0.1) is 6.58 Å². The molecule has 2 aliphatic rings. The first-order valence-electron chi connectivity index (χ1n) is 7.08. The lowest BCUT2D eigenvalue weighted by molar-refractivity contribution is -0.123. The summed E-state index contributed by atoms with van der Waals surface area (Å²) in [4.78, 5) is 12.1. The molecule has 2 saturated heterocycles. The van der Waals surface area contributed by atoms with Gasteiger partial charge in [-0.05, 0) is 44.9 Å². The highest BCUT2D eigenvalue weighted by Gasteiger charge is 2.37. The summed E-state index contributed by atoms with van der Waals surface area (Å²) in [7, 11) is 0. The van der Waals surface area contributed by atoms with Crippen molar-refractivity contribution < 1.29 is 4.79 Å². The van der Waals surface area contributed by atoms with Crippen LogP contribution in [0.2, 0.25) is 0 Å². The van der Waals surface area contributed by atoms with Crippen molar-refractivity contribution in [3.8, 4) is 0 Å². The van der Waals surface area contributed by atoms with Crippen LogP contribution in [0, 0.1) is 5.92 Å². The van der Waals surface area contributed by atoms with Crippen LogP contribution in [-0.4, -0.2) is 16.3 Å². The third-order valence-electron chi connectivity index (χ3n) is 4.08. The van der Waals surface area contributed by atoms with Gasteiger partial charge in [0.2, 0.25) is 0 Å². The first-order chi connectivity index (χ1) is 8.29. The Labute approximate surface area is 109 Å². The summed E-state index contributed by atoms with van der Waals surface area (Å²) in [5.74, 6) is 0.967. The zero-order valence-corrected chi connectivity index (χ0v) is 11.5. The van der Waals surface area contributed by atoms with Gasteiger partial charge in [-0.3, -0.25) is 4.79 Å². The Hall–Kier alpha value is -0.240. The molecule has 0 aromatic heterocycles. The summed E-state index contributed by atoms with van der Waals surface area (Å²) in [6.45, 7) is 3.72. The van der Waals surface area contributed by atoms with E-state index >= 15 is 0 Å². The van der Waals surface area contributed by atoms with E-state index in [1.54, 1.807) is 0 Å². The van der Waals surface area contributed by atoms with Crippen LogP contribution in [0.4, 0.5) is 0 Å². The second-order valence-corrected chi connectivity index (χ2v) is 7.09. The highest BCUT2D eigenvalue weighted by Crippen LogP contribution is 2.46. The van der Waals surface area contributed by atoms with Gasteiger partial charge < -0.3 is 0 Å². The minimum atomic E-state index is 0.410. The van der Waals surface area contributed by atoms with Crippen LogP contribution >= 0.6 is 11.8 Å². The van der Waals surface area contributed by atoms with Crippen LogP contribution in [0.3, 0.4) is 0 Å². The van der Waals surface area contributed by atoms with E-state index in [-0.39, 0.29) is 0 Å². The Morgan fingerprint density at radius 2 is 1.88 bits per heavy atom. The third kappa shape index (κ3) is 3.87. The Morgan fingerprint density at radius 1 is 1.18 bits per heavy atom. The van der Waals surface area contributed by atoms with Gasteiger partial charge in [0.15, 0.2) is 0 Å². The van der Waals surface area contributed by atoms with Crippen LogP contribution in [0.15, 0.2) is 12.7 Å². The van der Waals surface area contributed by atoms with E-state index in [4.69, 9.17) is 0 Å².